The van der Waals surface area contributed by atoms with Crippen LogP contribution in [0.15, 0.2) is 36.4 Å². The summed E-state index contributed by atoms with van der Waals surface area (Å²) >= 11 is 0. The van der Waals surface area contributed by atoms with E-state index in [1.54, 1.807) is 6.92 Å². The number of benzene rings is 1. The van der Waals surface area contributed by atoms with E-state index in [2.05, 4.69) is 5.32 Å². The lowest BCUT2D eigenvalue weighted by atomic mass is 9.75. The highest BCUT2D eigenvalue weighted by Gasteiger charge is 2.67. The molecule has 2 N–H and O–H groups in total. The predicted octanol–water partition coefficient (Wildman–Crippen LogP) is 2.16. The van der Waals surface area contributed by atoms with Gasteiger partial charge in [-0.05, 0) is 24.8 Å². The summed E-state index contributed by atoms with van der Waals surface area (Å²) < 4.78 is 0. The molecule has 0 spiro atoms. The first-order chi connectivity index (χ1) is 12.8. The third-order valence-electron chi connectivity index (χ3n) is 5.51. The fourth-order valence-corrected chi connectivity index (χ4v) is 4.48. The Balaban J connectivity index is 2.03. The minimum Gasteiger partial charge on any atom is -0.480 e. The van der Waals surface area contributed by atoms with Crippen molar-refractivity contribution in [3.8, 4) is 0 Å². The first-order valence-electron chi connectivity index (χ1n) is 9.41. The van der Waals surface area contributed by atoms with Crippen LogP contribution in [0.3, 0.4) is 0 Å². The number of hydrogen-bond donors (Lipinski definition) is 2. The predicted molar refractivity (Wildman–Crippen MR) is 102 cm³/mol. The third-order valence-corrected chi connectivity index (χ3v) is 5.51. The first-order valence-corrected chi connectivity index (χ1v) is 9.41. The number of amides is 2. The molecule has 0 bridgehead atoms. The summed E-state index contributed by atoms with van der Waals surface area (Å²) in [4.78, 5) is 39.3. The van der Waals surface area contributed by atoms with Gasteiger partial charge in [-0.15, -0.1) is 0 Å². The molecule has 2 saturated heterocycles. The highest BCUT2D eigenvalue weighted by atomic mass is 16.4. The summed E-state index contributed by atoms with van der Waals surface area (Å²) in [6.45, 7) is 5.85. The number of imide groups is 1. The van der Waals surface area contributed by atoms with E-state index in [1.165, 1.54) is 4.90 Å². The minimum atomic E-state index is -1.43. The molecule has 2 aliphatic heterocycles. The molecule has 6 nitrogen and oxygen atoms in total. The van der Waals surface area contributed by atoms with E-state index in [9.17, 15) is 19.5 Å². The smallest absolute Gasteiger partial charge is 0.324 e. The summed E-state index contributed by atoms with van der Waals surface area (Å²) in [5, 5.41) is 13.2. The molecule has 2 aliphatic rings. The lowest BCUT2D eigenvalue weighted by Gasteiger charge is -2.32. The highest BCUT2D eigenvalue weighted by molar-refractivity contribution is 6.09. The summed E-state index contributed by atoms with van der Waals surface area (Å²) in [7, 11) is 0. The zero-order valence-corrected chi connectivity index (χ0v) is 15.9. The number of nitrogens with zero attached hydrogens (tertiary/aromatic N) is 1. The van der Waals surface area contributed by atoms with Crippen molar-refractivity contribution >= 4 is 23.9 Å². The van der Waals surface area contributed by atoms with E-state index in [1.807, 2.05) is 56.3 Å². The van der Waals surface area contributed by atoms with Crippen molar-refractivity contribution in [1.82, 2.24) is 10.2 Å². The van der Waals surface area contributed by atoms with Gasteiger partial charge in [-0.2, -0.15) is 0 Å². The van der Waals surface area contributed by atoms with Crippen molar-refractivity contribution in [2.45, 2.75) is 38.8 Å². The number of carboxylic acids is 1. The van der Waals surface area contributed by atoms with Crippen LogP contribution in [0.5, 0.6) is 0 Å². The highest BCUT2D eigenvalue weighted by Crippen LogP contribution is 2.46. The number of likely N-dealkylation sites (tertiary alicyclic amines) is 1. The number of carbonyl (C=O) groups excluding carboxylic acids is 2. The maximum Gasteiger partial charge on any atom is 0.324 e. The van der Waals surface area contributed by atoms with Crippen LogP contribution in [0.2, 0.25) is 0 Å². The molecular weight excluding hydrogens is 344 g/mol. The molecule has 1 aromatic carbocycles. The number of rotatable bonds is 6. The van der Waals surface area contributed by atoms with Gasteiger partial charge in [-0.25, -0.2) is 0 Å². The molecule has 0 aromatic heterocycles. The van der Waals surface area contributed by atoms with Crippen LogP contribution in [0, 0.1) is 17.8 Å². The van der Waals surface area contributed by atoms with E-state index in [4.69, 9.17) is 0 Å². The SMILES string of the molecule is CCN1C(=O)C2C(/C=C/c3ccccc3)NC(CC(C)C)(C(=O)O)C2C1=O. The van der Waals surface area contributed by atoms with Crippen molar-refractivity contribution < 1.29 is 19.5 Å². The number of carboxylic acid groups (broad SMARTS) is 1. The molecule has 2 fully saturated rings. The largest absolute Gasteiger partial charge is 0.480 e. The summed E-state index contributed by atoms with van der Waals surface area (Å²) in [5.74, 6) is -3.23. The zero-order valence-electron chi connectivity index (χ0n) is 15.9. The third kappa shape index (κ3) is 3.18. The second-order valence-corrected chi connectivity index (χ2v) is 7.74. The van der Waals surface area contributed by atoms with Gasteiger partial charge in [0.2, 0.25) is 11.8 Å². The Kier molecular flexibility index (Phi) is 5.20. The van der Waals surface area contributed by atoms with Gasteiger partial charge in [-0.1, -0.05) is 56.3 Å². The van der Waals surface area contributed by atoms with Gasteiger partial charge in [0.1, 0.15) is 5.54 Å². The molecule has 144 valence electrons. The van der Waals surface area contributed by atoms with Gasteiger partial charge in [0.25, 0.3) is 0 Å². The van der Waals surface area contributed by atoms with Crippen molar-refractivity contribution in [2.24, 2.45) is 17.8 Å². The van der Waals surface area contributed by atoms with E-state index in [0.717, 1.165) is 5.56 Å². The molecule has 4 atom stereocenters. The minimum absolute atomic E-state index is 0.0599. The zero-order chi connectivity index (χ0) is 19.8. The van der Waals surface area contributed by atoms with Crippen molar-refractivity contribution in [3.05, 3.63) is 42.0 Å². The van der Waals surface area contributed by atoms with Crippen LogP contribution < -0.4 is 5.32 Å². The average Bonchev–Trinajstić information content (AvgIpc) is 3.08. The van der Waals surface area contributed by atoms with Gasteiger partial charge in [-0.3, -0.25) is 24.6 Å². The van der Waals surface area contributed by atoms with Gasteiger partial charge in [0.15, 0.2) is 0 Å². The normalized spacial score (nSPS) is 30.5. The van der Waals surface area contributed by atoms with E-state index in [-0.39, 0.29) is 30.7 Å². The molecule has 1 aromatic rings. The molecule has 3 rings (SSSR count). The maximum atomic E-state index is 12.9. The molecule has 6 heteroatoms. The molecular formula is C21H26N2O4. The lowest BCUT2D eigenvalue weighted by molar-refractivity contribution is -0.152. The fourth-order valence-electron chi connectivity index (χ4n) is 4.48. The van der Waals surface area contributed by atoms with Gasteiger partial charge < -0.3 is 5.11 Å². The van der Waals surface area contributed by atoms with Gasteiger partial charge >= 0.3 is 5.97 Å². The summed E-state index contributed by atoms with van der Waals surface area (Å²) in [5.41, 5.74) is -0.474. The number of nitrogens with one attached hydrogen (secondary N) is 1. The van der Waals surface area contributed by atoms with E-state index < -0.39 is 29.4 Å². The van der Waals surface area contributed by atoms with Crippen LogP contribution in [0.4, 0.5) is 0 Å². The van der Waals surface area contributed by atoms with E-state index in [0.29, 0.717) is 0 Å². The number of hydrogen-bond acceptors (Lipinski definition) is 4. The Morgan fingerprint density at radius 2 is 1.93 bits per heavy atom. The second kappa shape index (κ2) is 7.27. The summed E-state index contributed by atoms with van der Waals surface area (Å²) in [6.07, 6.45) is 3.98. The van der Waals surface area contributed by atoms with Crippen LogP contribution in [-0.2, 0) is 14.4 Å². The summed E-state index contributed by atoms with van der Waals surface area (Å²) in [6, 6.07) is 9.10. The lowest BCUT2D eigenvalue weighted by Crippen LogP contribution is -2.57. The Morgan fingerprint density at radius 1 is 1.26 bits per heavy atom. The monoisotopic (exact) mass is 370 g/mol. The van der Waals surface area contributed by atoms with Crippen LogP contribution in [0.25, 0.3) is 6.08 Å². The molecule has 2 heterocycles. The first kappa shape index (κ1) is 19.3. The molecule has 0 radical (unpaired) electrons. The van der Waals surface area contributed by atoms with Crippen LogP contribution in [-0.4, -0.2) is 45.9 Å². The average molecular weight is 370 g/mol. The van der Waals surface area contributed by atoms with Gasteiger partial charge in [0, 0.05) is 12.6 Å². The standard InChI is InChI=1S/C21H26N2O4/c1-4-23-18(24)16-15(11-10-14-8-6-5-7-9-14)22-21(20(26)27,12-13(2)3)17(16)19(23)25/h5-11,13,15-17,22H,4,12H2,1-3H3,(H,26,27)/b11-10+. The molecule has 0 saturated carbocycles. The van der Waals surface area contributed by atoms with Gasteiger partial charge in [0.05, 0.1) is 11.8 Å². The Labute approximate surface area is 159 Å². The van der Waals surface area contributed by atoms with Crippen molar-refractivity contribution in [3.63, 3.8) is 0 Å². The molecule has 4 unspecified atom stereocenters. The van der Waals surface area contributed by atoms with Crippen LogP contribution in [0.1, 0.15) is 32.8 Å². The topological polar surface area (TPSA) is 86.7 Å². The van der Waals surface area contributed by atoms with Crippen LogP contribution >= 0.6 is 0 Å². The molecule has 2 amide bonds. The van der Waals surface area contributed by atoms with Crippen molar-refractivity contribution in [1.29, 1.82) is 0 Å². The Hall–Kier alpha value is -2.47. The number of carbonyl (C=O) groups is 3. The Morgan fingerprint density at radius 3 is 2.48 bits per heavy atom. The maximum absolute atomic E-state index is 12.9. The van der Waals surface area contributed by atoms with E-state index >= 15 is 0 Å². The Bertz CT molecular complexity index is 774. The number of fused-ring (bicyclic) bond motifs is 1. The number of aliphatic carboxylic acids is 1. The molecule has 27 heavy (non-hydrogen) atoms. The van der Waals surface area contributed by atoms with Crippen molar-refractivity contribution in [2.75, 3.05) is 6.54 Å². The quantitative estimate of drug-likeness (QED) is 0.750. The fraction of sp³-hybridized carbons (Fsp3) is 0.476. The molecule has 0 aliphatic carbocycles. The second-order valence-electron chi connectivity index (χ2n) is 7.74.